The normalized spacial score (nSPS) is 15.1. The van der Waals surface area contributed by atoms with Crippen LogP contribution in [0.1, 0.15) is 76.6 Å². The molecule has 1 aliphatic carbocycles. The number of aromatic nitrogens is 1. The molecule has 1 aliphatic rings. The lowest BCUT2D eigenvalue weighted by Crippen LogP contribution is -2.42. The highest BCUT2D eigenvalue weighted by molar-refractivity contribution is 5.99. The number of alkyl carbamates (subject to hydrolysis) is 1. The van der Waals surface area contributed by atoms with Crippen molar-refractivity contribution in [2.24, 2.45) is 0 Å². The fourth-order valence-corrected chi connectivity index (χ4v) is 4.50. The number of pyridine rings is 1. The van der Waals surface area contributed by atoms with Gasteiger partial charge in [0.1, 0.15) is 23.0 Å². The molecule has 10 nitrogen and oxygen atoms in total. The van der Waals surface area contributed by atoms with E-state index in [0.717, 1.165) is 38.2 Å². The molecule has 0 bridgehead atoms. The molecule has 1 atom stereocenters. The Balaban J connectivity index is 1.99. The van der Waals surface area contributed by atoms with Gasteiger partial charge in [-0.1, -0.05) is 26.2 Å². The number of anilines is 1. The number of hydrogen-bond donors (Lipinski definition) is 4. The number of hydrogen-bond acceptors (Lipinski definition) is 6. The molecule has 11 heteroatoms. The molecule has 3 rings (SSSR count). The summed E-state index contributed by atoms with van der Waals surface area (Å²) in [5.41, 5.74) is -1.08. The van der Waals surface area contributed by atoms with Crippen molar-refractivity contribution in [3.63, 3.8) is 0 Å². The van der Waals surface area contributed by atoms with E-state index in [4.69, 9.17) is 4.74 Å². The molecule has 1 unspecified atom stereocenters. The number of carboxylic acid groups (broad SMARTS) is 1. The Morgan fingerprint density at radius 2 is 1.87 bits per heavy atom. The van der Waals surface area contributed by atoms with Gasteiger partial charge >= 0.3 is 12.1 Å². The van der Waals surface area contributed by atoms with Crippen LogP contribution in [0.15, 0.2) is 23.1 Å². The molecule has 1 saturated carbocycles. The summed E-state index contributed by atoms with van der Waals surface area (Å²) in [5.74, 6) is -2.72. The molecule has 1 aromatic carbocycles. The van der Waals surface area contributed by atoms with Crippen molar-refractivity contribution >= 4 is 34.6 Å². The summed E-state index contributed by atoms with van der Waals surface area (Å²) in [6.07, 6.45) is 5.91. The third kappa shape index (κ3) is 7.45. The summed E-state index contributed by atoms with van der Waals surface area (Å²) in [4.78, 5) is 49.7. The van der Waals surface area contributed by atoms with E-state index in [1.54, 1.807) is 38.3 Å². The van der Waals surface area contributed by atoms with E-state index in [1.165, 1.54) is 6.20 Å². The predicted octanol–water partition coefficient (Wildman–Crippen LogP) is 4.00. The van der Waals surface area contributed by atoms with Gasteiger partial charge in [-0.25, -0.2) is 14.0 Å². The van der Waals surface area contributed by atoms with Gasteiger partial charge in [-0.2, -0.15) is 0 Å². The number of carboxylic acids is 1. The third-order valence-corrected chi connectivity index (χ3v) is 6.41. The lowest BCUT2D eigenvalue weighted by atomic mass is 9.95. The summed E-state index contributed by atoms with van der Waals surface area (Å²) in [6.45, 7) is 7.05. The summed E-state index contributed by atoms with van der Waals surface area (Å²) in [7, 11) is 0. The number of nitrogens with zero attached hydrogens (tertiary/aromatic N) is 1. The van der Waals surface area contributed by atoms with E-state index in [2.05, 4.69) is 16.0 Å². The number of rotatable bonds is 9. The van der Waals surface area contributed by atoms with Crippen LogP contribution in [0.5, 0.6) is 0 Å². The van der Waals surface area contributed by atoms with Crippen LogP contribution in [-0.2, 0) is 16.1 Å². The van der Waals surface area contributed by atoms with E-state index >= 15 is 4.39 Å². The fourth-order valence-electron chi connectivity index (χ4n) is 4.50. The molecule has 208 valence electrons. The number of benzene rings is 1. The van der Waals surface area contributed by atoms with Crippen molar-refractivity contribution in [1.82, 2.24) is 15.2 Å². The zero-order valence-electron chi connectivity index (χ0n) is 22.4. The minimum Gasteiger partial charge on any atom is -0.480 e. The van der Waals surface area contributed by atoms with Crippen LogP contribution in [0.2, 0.25) is 0 Å². The molecular formula is C27H37FN4O6. The molecular weight excluding hydrogens is 495 g/mol. The number of aliphatic carboxylic acids is 1. The van der Waals surface area contributed by atoms with Crippen LogP contribution >= 0.6 is 0 Å². The second kappa shape index (κ2) is 12.3. The van der Waals surface area contributed by atoms with Crippen molar-refractivity contribution in [3.8, 4) is 0 Å². The van der Waals surface area contributed by atoms with Gasteiger partial charge in [-0.3, -0.25) is 9.59 Å². The SMILES string of the molecule is CCC(NC(=O)c1cn(CCNC(=O)OC(C)(C)C)c2cc(NC3CCCCC3)c(F)cc2c1=O)C(=O)O. The maximum absolute atomic E-state index is 15.1. The topological polar surface area (TPSA) is 139 Å². The van der Waals surface area contributed by atoms with E-state index in [-0.39, 0.29) is 42.2 Å². The zero-order chi connectivity index (χ0) is 28.0. The Bertz CT molecular complexity index is 1250. The maximum atomic E-state index is 15.1. The van der Waals surface area contributed by atoms with E-state index < -0.39 is 40.9 Å². The number of nitrogens with one attached hydrogen (secondary N) is 3. The molecule has 1 heterocycles. The number of fused-ring (bicyclic) bond motifs is 1. The highest BCUT2D eigenvalue weighted by atomic mass is 19.1. The van der Waals surface area contributed by atoms with Crippen molar-refractivity contribution in [3.05, 3.63) is 39.9 Å². The van der Waals surface area contributed by atoms with Crippen LogP contribution < -0.4 is 21.4 Å². The Morgan fingerprint density at radius 1 is 1.18 bits per heavy atom. The van der Waals surface area contributed by atoms with Gasteiger partial charge in [0.2, 0.25) is 5.43 Å². The van der Waals surface area contributed by atoms with Gasteiger partial charge in [0.15, 0.2) is 0 Å². The van der Waals surface area contributed by atoms with Crippen LogP contribution in [0, 0.1) is 5.82 Å². The predicted molar refractivity (Wildman–Crippen MR) is 142 cm³/mol. The van der Waals surface area contributed by atoms with Crippen LogP contribution in [0.4, 0.5) is 14.9 Å². The Labute approximate surface area is 220 Å². The van der Waals surface area contributed by atoms with Gasteiger partial charge in [-0.15, -0.1) is 0 Å². The zero-order valence-corrected chi connectivity index (χ0v) is 22.4. The van der Waals surface area contributed by atoms with Crippen molar-refractivity contribution in [1.29, 1.82) is 0 Å². The molecule has 2 aromatic rings. The molecule has 0 aliphatic heterocycles. The summed E-state index contributed by atoms with van der Waals surface area (Å²) in [6, 6.07) is 1.59. The van der Waals surface area contributed by atoms with Gasteiger partial charge in [-0.05, 0) is 52.2 Å². The molecule has 1 aromatic heterocycles. The van der Waals surface area contributed by atoms with E-state index in [0.29, 0.717) is 5.52 Å². The molecule has 4 N–H and O–H groups in total. The van der Waals surface area contributed by atoms with Gasteiger partial charge in [0, 0.05) is 30.7 Å². The number of amides is 2. The largest absolute Gasteiger partial charge is 0.480 e. The van der Waals surface area contributed by atoms with E-state index in [1.807, 2.05) is 0 Å². The van der Waals surface area contributed by atoms with E-state index in [9.17, 15) is 24.3 Å². The lowest BCUT2D eigenvalue weighted by Gasteiger charge is -2.24. The molecule has 2 amide bonds. The summed E-state index contributed by atoms with van der Waals surface area (Å²) >= 11 is 0. The highest BCUT2D eigenvalue weighted by Gasteiger charge is 2.24. The Morgan fingerprint density at radius 3 is 2.47 bits per heavy atom. The molecule has 0 radical (unpaired) electrons. The summed E-state index contributed by atoms with van der Waals surface area (Å²) in [5, 5.41) is 17.5. The molecule has 38 heavy (non-hydrogen) atoms. The Hall–Kier alpha value is -3.63. The summed E-state index contributed by atoms with van der Waals surface area (Å²) < 4.78 is 22.0. The van der Waals surface area contributed by atoms with Gasteiger partial charge in [0.25, 0.3) is 5.91 Å². The van der Waals surface area contributed by atoms with Crippen LogP contribution in [0.3, 0.4) is 0 Å². The highest BCUT2D eigenvalue weighted by Crippen LogP contribution is 2.26. The second-order valence-electron chi connectivity index (χ2n) is 10.6. The van der Waals surface area contributed by atoms with Crippen molar-refractivity contribution < 1.29 is 28.6 Å². The number of ether oxygens (including phenoxy) is 1. The van der Waals surface area contributed by atoms with Crippen molar-refractivity contribution in [2.75, 3.05) is 11.9 Å². The first kappa shape index (κ1) is 28.9. The standard InChI is InChI=1S/C27H37FN4O6/c1-5-20(25(35)36)31-24(34)18-15-32(12-11-29-26(37)38-27(2,3)4)22-14-21(19(28)13-17(22)23(18)33)30-16-9-7-6-8-10-16/h13-16,20,30H,5-12H2,1-4H3,(H,29,37)(H,31,34)(H,35,36). The first-order chi connectivity index (χ1) is 17.9. The minimum atomic E-state index is -1.23. The monoisotopic (exact) mass is 532 g/mol. The Kier molecular flexibility index (Phi) is 9.35. The number of carbonyl (C=O) groups excluding carboxylic acids is 2. The lowest BCUT2D eigenvalue weighted by molar-refractivity contribution is -0.139. The van der Waals surface area contributed by atoms with Gasteiger partial charge in [0.05, 0.1) is 11.2 Å². The van der Waals surface area contributed by atoms with Crippen LogP contribution in [-0.4, -0.2) is 51.9 Å². The second-order valence-corrected chi connectivity index (χ2v) is 10.6. The van der Waals surface area contributed by atoms with Crippen LogP contribution in [0.25, 0.3) is 10.9 Å². The quantitative estimate of drug-likeness (QED) is 0.383. The number of halogens is 1. The smallest absolute Gasteiger partial charge is 0.407 e. The maximum Gasteiger partial charge on any atom is 0.407 e. The average molecular weight is 533 g/mol. The molecule has 0 saturated heterocycles. The van der Waals surface area contributed by atoms with Crippen molar-refractivity contribution in [2.45, 2.75) is 90.4 Å². The first-order valence-electron chi connectivity index (χ1n) is 13.0. The minimum absolute atomic E-state index is 0.0232. The number of carbonyl (C=O) groups is 3. The molecule has 0 spiro atoms. The fraction of sp³-hybridized carbons (Fsp3) is 0.556. The molecule has 1 fully saturated rings. The van der Waals surface area contributed by atoms with Gasteiger partial charge < -0.3 is 30.4 Å². The first-order valence-corrected chi connectivity index (χ1v) is 13.0. The third-order valence-electron chi connectivity index (χ3n) is 6.41. The average Bonchev–Trinajstić information content (AvgIpc) is 2.84.